The minimum atomic E-state index is -1.16. The SMILES string of the molecule is C=CCOCC(NC(=O)OC(C)(C)C)C(=O)N1CC(C(=O)OC2NCC3=C2C=CCC3)CC1C(=O)OC. The second-order valence-corrected chi connectivity index (χ2v) is 10.2. The van der Waals surface area contributed by atoms with E-state index >= 15 is 0 Å². The first-order valence-electron chi connectivity index (χ1n) is 12.4. The lowest BCUT2D eigenvalue weighted by atomic mass is 9.99. The molecule has 204 valence electrons. The fourth-order valence-corrected chi connectivity index (χ4v) is 4.54. The number of allylic oxidation sites excluding steroid dienone is 1. The van der Waals surface area contributed by atoms with E-state index in [1.54, 1.807) is 20.8 Å². The predicted octanol–water partition coefficient (Wildman–Crippen LogP) is 1.59. The van der Waals surface area contributed by atoms with E-state index in [4.69, 9.17) is 18.9 Å². The van der Waals surface area contributed by atoms with Crippen LogP contribution < -0.4 is 10.6 Å². The van der Waals surface area contributed by atoms with Gasteiger partial charge in [-0.05, 0) is 45.6 Å². The van der Waals surface area contributed by atoms with E-state index in [-0.39, 0.29) is 26.2 Å². The van der Waals surface area contributed by atoms with Gasteiger partial charge in [0.25, 0.3) is 0 Å². The van der Waals surface area contributed by atoms with Crippen LogP contribution in [0, 0.1) is 5.92 Å². The Balaban J connectivity index is 1.73. The van der Waals surface area contributed by atoms with Crippen molar-refractivity contribution in [1.29, 1.82) is 0 Å². The van der Waals surface area contributed by atoms with Crippen molar-refractivity contribution < 1.29 is 38.1 Å². The third-order valence-corrected chi connectivity index (χ3v) is 6.24. The van der Waals surface area contributed by atoms with Gasteiger partial charge in [0, 0.05) is 18.7 Å². The van der Waals surface area contributed by atoms with Crippen LogP contribution in [0.2, 0.25) is 0 Å². The van der Waals surface area contributed by atoms with Crippen molar-refractivity contribution in [2.75, 3.05) is 33.4 Å². The Bertz CT molecular complexity index is 967. The molecule has 4 unspecified atom stereocenters. The molecule has 0 aromatic carbocycles. The molecule has 2 aliphatic heterocycles. The number of hydrogen-bond donors (Lipinski definition) is 2. The summed E-state index contributed by atoms with van der Waals surface area (Å²) in [5, 5.41) is 5.71. The number of amides is 2. The summed E-state index contributed by atoms with van der Waals surface area (Å²) < 4.78 is 21.3. The molecule has 0 spiro atoms. The number of methoxy groups -OCH3 is 1. The number of rotatable bonds is 9. The number of alkyl carbamates (subject to hydrolysis) is 1. The van der Waals surface area contributed by atoms with E-state index in [0.29, 0.717) is 6.54 Å². The zero-order valence-electron chi connectivity index (χ0n) is 21.9. The highest BCUT2D eigenvalue weighted by Crippen LogP contribution is 2.30. The van der Waals surface area contributed by atoms with E-state index in [1.807, 2.05) is 12.2 Å². The van der Waals surface area contributed by atoms with Gasteiger partial charge < -0.3 is 29.2 Å². The van der Waals surface area contributed by atoms with Crippen LogP contribution in [0.5, 0.6) is 0 Å². The second-order valence-electron chi connectivity index (χ2n) is 10.2. The van der Waals surface area contributed by atoms with Gasteiger partial charge in [0.15, 0.2) is 6.23 Å². The monoisotopic (exact) mass is 519 g/mol. The topological polar surface area (TPSA) is 132 Å². The normalized spacial score (nSPS) is 23.8. The number of carbonyl (C=O) groups excluding carboxylic acids is 4. The van der Waals surface area contributed by atoms with E-state index in [0.717, 1.165) is 18.4 Å². The van der Waals surface area contributed by atoms with Gasteiger partial charge in [-0.2, -0.15) is 0 Å². The molecule has 0 saturated carbocycles. The van der Waals surface area contributed by atoms with Crippen LogP contribution in [0.15, 0.2) is 36.0 Å². The average molecular weight is 520 g/mol. The molecular formula is C26H37N3O8. The van der Waals surface area contributed by atoms with Crippen molar-refractivity contribution in [3.8, 4) is 0 Å². The number of esters is 2. The van der Waals surface area contributed by atoms with Gasteiger partial charge in [-0.15, -0.1) is 6.58 Å². The van der Waals surface area contributed by atoms with Gasteiger partial charge in [-0.1, -0.05) is 18.2 Å². The Morgan fingerprint density at radius 1 is 1.27 bits per heavy atom. The highest BCUT2D eigenvalue weighted by atomic mass is 16.6. The molecule has 2 amide bonds. The maximum Gasteiger partial charge on any atom is 0.408 e. The quantitative estimate of drug-likeness (QED) is 0.202. The zero-order chi connectivity index (χ0) is 27.2. The first-order chi connectivity index (χ1) is 17.5. The standard InChI is InChI=1S/C26H37N3O8/c1-6-11-35-15-19(28-25(33)37-26(2,3)4)22(30)29-14-17(12-20(29)24(32)34-5)23(31)36-21-18-10-8-7-9-16(18)13-27-21/h6,8,10,17,19-21,27H,1,7,9,11-15H2,2-5H3,(H,28,33). The van der Waals surface area contributed by atoms with Crippen LogP contribution in [-0.2, 0) is 33.3 Å². The summed E-state index contributed by atoms with van der Waals surface area (Å²) in [4.78, 5) is 52.8. The number of carbonyl (C=O) groups is 4. The third-order valence-electron chi connectivity index (χ3n) is 6.24. The molecule has 3 aliphatic rings. The van der Waals surface area contributed by atoms with Gasteiger partial charge in [0.2, 0.25) is 5.91 Å². The molecule has 0 aromatic rings. The number of likely N-dealkylation sites (tertiary alicyclic amines) is 1. The van der Waals surface area contributed by atoms with Crippen LogP contribution in [0.25, 0.3) is 0 Å². The summed E-state index contributed by atoms with van der Waals surface area (Å²) in [6.45, 7) is 9.22. The smallest absolute Gasteiger partial charge is 0.408 e. The predicted molar refractivity (Wildman–Crippen MR) is 133 cm³/mol. The summed E-state index contributed by atoms with van der Waals surface area (Å²) in [5.74, 6) is -2.52. The molecule has 2 N–H and O–H groups in total. The van der Waals surface area contributed by atoms with Crippen molar-refractivity contribution in [2.45, 2.75) is 63.9 Å². The third kappa shape index (κ3) is 7.42. The van der Waals surface area contributed by atoms with Gasteiger partial charge in [-0.25, -0.2) is 9.59 Å². The fourth-order valence-electron chi connectivity index (χ4n) is 4.54. The average Bonchev–Trinajstić information content (AvgIpc) is 3.46. The van der Waals surface area contributed by atoms with Crippen molar-refractivity contribution >= 4 is 23.9 Å². The number of nitrogens with zero attached hydrogens (tertiary/aromatic N) is 1. The maximum absolute atomic E-state index is 13.5. The van der Waals surface area contributed by atoms with Crippen LogP contribution in [0.1, 0.15) is 40.0 Å². The molecule has 0 radical (unpaired) electrons. The van der Waals surface area contributed by atoms with E-state index in [9.17, 15) is 19.2 Å². The molecule has 1 saturated heterocycles. The second kappa shape index (κ2) is 12.4. The first kappa shape index (κ1) is 28.4. The van der Waals surface area contributed by atoms with Crippen molar-refractivity contribution in [2.24, 2.45) is 5.92 Å². The Labute approximate surface area is 217 Å². The lowest BCUT2D eigenvalue weighted by Gasteiger charge is -2.28. The molecule has 0 aromatic heterocycles. The van der Waals surface area contributed by atoms with Crippen LogP contribution in [0.3, 0.4) is 0 Å². The van der Waals surface area contributed by atoms with Gasteiger partial charge in [0.1, 0.15) is 17.7 Å². The lowest BCUT2D eigenvalue weighted by molar-refractivity contribution is -0.153. The molecule has 11 heteroatoms. The number of hydrogen-bond acceptors (Lipinski definition) is 9. The van der Waals surface area contributed by atoms with Crippen molar-refractivity contribution in [3.63, 3.8) is 0 Å². The summed E-state index contributed by atoms with van der Waals surface area (Å²) in [5.41, 5.74) is 1.39. The highest BCUT2D eigenvalue weighted by molar-refractivity contribution is 5.91. The minimum Gasteiger partial charge on any atom is -0.467 e. The Morgan fingerprint density at radius 3 is 2.70 bits per heavy atom. The van der Waals surface area contributed by atoms with Crippen LogP contribution in [-0.4, -0.2) is 86.2 Å². The van der Waals surface area contributed by atoms with E-state index < -0.39 is 53.8 Å². The summed E-state index contributed by atoms with van der Waals surface area (Å²) in [6, 6.07) is -2.17. The lowest BCUT2D eigenvalue weighted by Crippen LogP contribution is -2.54. The fraction of sp³-hybridized carbons (Fsp3) is 0.615. The molecule has 2 heterocycles. The van der Waals surface area contributed by atoms with Gasteiger partial charge >= 0.3 is 18.0 Å². The molecule has 1 fully saturated rings. The largest absolute Gasteiger partial charge is 0.467 e. The molecule has 1 aliphatic carbocycles. The first-order valence-corrected chi connectivity index (χ1v) is 12.4. The summed E-state index contributed by atoms with van der Waals surface area (Å²) in [7, 11) is 1.21. The molecular weight excluding hydrogens is 482 g/mol. The van der Waals surface area contributed by atoms with E-state index in [1.165, 1.54) is 23.7 Å². The number of nitrogens with one attached hydrogen (secondary N) is 2. The molecule has 4 atom stereocenters. The van der Waals surface area contributed by atoms with Crippen molar-refractivity contribution in [1.82, 2.24) is 15.5 Å². The minimum absolute atomic E-state index is 0.0401. The van der Waals surface area contributed by atoms with Gasteiger partial charge in [-0.3, -0.25) is 14.9 Å². The maximum atomic E-state index is 13.5. The Kier molecular flexibility index (Phi) is 9.50. The Morgan fingerprint density at radius 2 is 2.03 bits per heavy atom. The summed E-state index contributed by atoms with van der Waals surface area (Å²) in [6.07, 6.45) is 6.06. The zero-order valence-corrected chi connectivity index (χ0v) is 21.9. The molecule has 11 nitrogen and oxygen atoms in total. The highest BCUT2D eigenvalue weighted by Gasteiger charge is 2.46. The van der Waals surface area contributed by atoms with Crippen molar-refractivity contribution in [3.05, 3.63) is 36.0 Å². The Hall–Kier alpha value is -3.18. The number of ether oxygens (including phenoxy) is 4. The molecule has 0 bridgehead atoms. The summed E-state index contributed by atoms with van der Waals surface area (Å²) >= 11 is 0. The van der Waals surface area contributed by atoms with Gasteiger partial charge in [0.05, 0.1) is 26.2 Å². The molecule has 3 rings (SSSR count). The van der Waals surface area contributed by atoms with Crippen LogP contribution >= 0.6 is 0 Å². The van der Waals surface area contributed by atoms with Crippen LogP contribution in [0.4, 0.5) is 4.79 Å². The molecule has 37 heavy (non-hydrogen) atoms. The van der Waals surface area contributed by atoms with E-state index in [2.05, 4.69) is 17.2 Å².